The van der Waals surface area contributed by atoms with Crippen molar-refractivity contribution < 1.29 is 0 Å². The number of fused-ring (bicyclic) bond motifs is 11. The van der Waals surface area contributed by atoms with Crippen LogP contribution in [0.1, 0.15) is 25.0 Å². The third kappa shape index (κ3) is 3.67. The predicted octanol–water partition coefficient (Wildman–Crippen LogP) is 11.6. The Kier molecular flexibility index (Phi) is 5.50. The highest BCUT2D eigenvalue weighted by Crippen LogP contribution is 2.55. The topological polar surface area (TPSA) is 30.7 Å². The molecule has 222 valence electrons. The Labute approximate surface area is 276 Å². The zero-order chi connectivity index (χ0) is 31.3. The van der Waals surface area contributed by atoms with Crippen LogP contribution in [0, 0.1) is 0 Å². The molecule has 1 aliphatic rings. The van der Waals surface area contributed by atoms with Crippen molar-refractivity contribution in [2.45, 2.75) is 19.3 Å². The molecule has 10 rings (SSSR count). The van der Waals surface area contributed by atoms with E-state index in [1.54, 1.807) is 0 Å². The Hall–Kier alpha value is -5.58. The fourth-order valence-electron chi connectivity index (χ4n) is 7.92. The standard InChI is InChI=1S/C43H29N3S/c1-43(2)31-19-11-9-18-30(31)37-32(43)22-24-35-38(37)39-36(47-35)23-21-29-28-17-10-12-20-33(28)46(41(29)39)34-25-44-42(27-15-7-4-8-16-27)45-40(34)26-13-5-3-6-14-26/h3-25H,1-2H3. The van der Waals surface area contributed by atoms with Crippen LogP contribution in [0.15, 0.2) is 140 Å². The molecule has 9 aromatic rings. The van der Waals surface area contributed by atoms with Gasteiger partial charge in [0.1, 0.15) is 0 Å². The lowest BCUT2D eigenvalue weighted by Crippen LogP contribution is -2.14. The van der Waals surface area contributed by atoms with Crippen LogP contribution in [0.5, 0.6) is 0 Å². The van der Waals surface area contributed by atoms with E-state index in [-0.39, 0.29) is 5.41 Å². The van der Waals surface area contributed by atoms with Crippen molar-refractivity contribution in [1.29, 1.82) is 0 Å². The van der Waals surface area contributed by atoms with E-state index in [0.717, 1.165) is 33.8 Å². The SMILES string of the molecule is CC1(C)c2ccccc2-c2c1ccc1sc3ccc4c5ccccc5n(-c5cnc(-c6ccccc6)nc5-c5ccccc5)c4c3c21. The van der Waals surface area contributed by atoms with Gasteiger partial charge in [0.15, 0.2) is 5.82 Å². The van der Waals surface area contributed by atoms with Crippen molar-refractivity contribution in [1.82, 2.24) is 14.5 Å². The minimum Gasteiger partial charge on any atom is -0.305 e. The lowest BCUT2D eigenvalue weighted by Gasteiger charge is -2.21. The van der Waals surface area contributed by atoms with Gasteiger partial charge in [-0.1, -0.05) is 129 Å². The maximum Gasteiger partial charge on any atom is 0.159 e. The quantitative estimate of drug-likeness (QED) is 0.197. The Bertz CT molecular complexity index is 2700. The summed E-state index contributed by atoms with van der Waals surface area (Å²) in [4.78, 5) is 10.3. The third-order valence-electron chi connectivity index (χ3n) is 10.1. The van der Waals surface area contributed by atoms with Gasteiger partial charge in [-0.3, -0.25) is 0 Å². The molecule has 0 aliphatic heterocycles. The second-order valence-corrected chi connectivity index (χ2v) is 14.1. The first-order valence-corrected chi connectivity index (χ1v) is 16.9. The van der Waals surface area contributed by atoms with Gasteiger partial charge in [0.25, 0.3) is 0 Å². The van der Waals surface area contributed by atoms with Crippen LogP contribution in [0.25, 0.3) is 81.4 Å². The van der Waals surface area contributed by atoms with Crippen molar-refractivity contribution >= 4 is 53.3 Å². The largest absolute Gasteiger partial charge is 0.305 e. The maximum atomic E-state index is 5.29. The first kappa shape index (κ1) is 26.6. The summed E-state index contributed by atoms with van der Waals surface area (Å²) in [6, 6.07) is 47.9. The van der Waals surface area contributed by atoms with E-state index >= 15 is 0 Å². The van der Waals surface area contributed by atoms with Gasteiger partial charge in [0, 0.05) is 47.5 Å². The molecule has 0 saturated heterocycles. The molecule has 47 heavy (non-hydrogen) atoms. The minimum atomic E-state index is -0.0728. The zero-order valence-corrected chi connectivity index (χ0v) is 26.8. The number of thiophene rings is 1. The first-order chi connectivity index (χ1) is 23.1. The van der Waals surface area contributed by atoms with Crippen molar-refractivity contribution in [2.24, 2.45) is 0 Å². The van der Waals surface area contributed by atoms with E-state index in [1.807, 2.05) is 35.7 Å². The molecular formula is C43H29N3S. The first-order valence-electron chi connectivity index (χ1n) is 16.1. The molecule has 0 unspecified atom stereocenters. The van der Waals surface area contributed by atoms with Crippen molar-refractivity contribution in [3.63, 3.8) is 0 Å². The van der Waals surface area contributed by atoms with Crippen molar-refractivity contribution in [3.8, 4) is 39.5 Å². The average Bonchev–Trinajstić information content (AvgIpc) is 3.74. The lowest BCUT2D eigenvalue weighted by atomic mass is 9.82. The maximum absolute atomic E-state index is 5.29. The van der Waals surface area contributed by atoms with Crippen LogP contribution in [0.3, 0.4) is 0 Å². The van der Waals surface area contributed by atoms with E-state index in [4.69, 9.17) is 9.97 Å². The monoisotopic (exact) mass is 619 g/mol. The number of hydrogen-bond donors (Lipinski definition) is 0. The molecule has 0 bridgehead atoms. The van der Waals surface area contributed by atoms with Gasteiger partial charge < -0.3 is 4.57 Å². The van der Waals surface area contributed by atoms with Crippen LogP contribution in [-0.4, -0.2) is 14.5 Å². The molecule has 0 atom stereocenters. The number of benzene rings is 6. The third-order valence-corrected chi connectivity index (χ3v) is 11.2. The van der Waals surface area contributed by atoms with Crippen LogP contribution >= 0.6 is 11.3 Å². The van der Waals surface area contributed by atoms with Crippen LogP contribution < -0.4 is 0 Å². The molecule has 3 aromatic heterocycles. The fraction of sp³-hybridized carbons (Fsp3) is 0.0698. The summed E-state index contributed by atoms with van der Waals surface area (Å²) in [6.07, 6.45) is 2.03. The van der Waals surface area contributed by atoms with Crippen LogP contribution in [-0.2, 0) is 5.41 Å². The summed E-state index contributed by atoms with van der Waals surface area (Å²) in [5.41, 5.74) is 11.7. The summed E-state index contributed by atoms with van der Waals surface area (Å²) in [6.45, 7) is 4.73. The number of rotatable bonds is 3. The van der Waals surface area contributed by atoms with Gasteiger partial charge in [-0.15, -0.1) is 11.3 Å². The molecule has 0 saturated carbocycles. The molecule has 1 aliphatic carbocycles. The molecule has 0 amide bonds. The normalized spacial score (nSPS) is 13.5. The van der Waals surface area contributed by atoms with Gasteiger partial charge in [-0.25, -0.2) is 9.97 Å². The average molecular weight is 620 g/mol. The molecule has 0 N–H and O–H groups in total. The summed E-state index contributed by atoms with van der Waals surface area (Å²) in [5.74, 6) is 0.719. The van der Waals surface area contributed by atoms with Gasteiger partial charge in [-0.05, 0) is 40.5 Å². The second-order valence-electron chi connectivity index (χ2n) is 13.0. The summed E-state index contributed by atoms with van der Waals surface area (Å²) in [5, 5.41) is 5.11. The number of hydrogen-bond acceptors (Lipinski definition) is 3. The summed E-state index contributed by atoms with van der Waals surface area (Å²) in [7, 11) is 0. The van der Waals surface area contributed by atoms with E-state index in [2.05, 4.69) is 134 Å². The van der Waals surface area contributed by atoms with Crippen LogP contribution in [0.4, 0.5) is 0 Å². The second kappa shape index (κ2) is 9.71. The molecule has 6 aromatic carbocycles. The Morgan fingerprint density at radius 2 is 1.28 bits per heavy atom. The van der Waals surface area contributed by atoms with Gasteiger partial charge in [-0.2, -0.15) is 0 Å². The Balaban J connectivity index is 1.39. The molecular weight excluding hydrogens is 591 g/mol. The highest BCUT2D eigenvalue weighted by molar-refractivity contribution is 7.26. The summed E-state index contributed by atoms with van der Waals surface area (Å²) < 4.78 is 5.03. The molecule has 0 fully saturated rings. The summed E-state index contributed by atoms with van der Waals surface area (Å²) >= 11 is 1.89. The highest BCUT2D eigenvalue weighted by Gasteiger charge is 2.37. The highest BCUT2D eigenvalue weighted by atomic mass is 32.1. The van der Waals surface area contributed by atoms with Crippen molar-refractivity contribution in [2.75, 3.05) is 0 Å². The van der Waals surface area contributed by atoms with Crippen LogP contribution in [0.2, 0.25) is 0 Å². The number of para-hydroxylation sites is 1. The van der Waals surface area contributed by atoms with Crippen molar-refractivity contribution in [3.05, 3.63) is 151 Å². The number of aromatic nitrogens is 3. The predicted molar refractivity (Wildman–Crippen MR) is 198 cm³/mol. The Morgan fingerprint density at radius 3 is 2.11 bits per heavy atom. The van der Waals surface area contributed by atoms with E-state index in [9.17, 15) is 0 Å². The van der Waals surface area contributed by atoms with Gasteiger partial charge in [0.2, 0.25) is 0 Å². The molecule has 0 spiro atoms. The zero-order valence-electron chi connectivity index (χ0n) is 26.0. The molecule has 3 heterocycles. The minimum absolute atomic E-state index is 0.0728. The van der Waals surface area contributed by atoms with Gasteiger partial charge >= 0.3 is 0 Å². The molecule has 0 radical (unpaired) electrons. The lowest BCUT2D eigenvalue weighted by molar-refractivity contribution is 0.661. The molecule has 3 nitrogen and oxygen atoms in total. The van der Waals surface area contributed by atoms with E-state index in [0.29, 0.717) is 0 Å². The number of nitrogens with zero attached hydrogens (tertiary/aromatic N) is 3. The van der Waals surface area contributed by atoms with Gasteiger partial charge in [0.05, 0.1) is 28.6 Å². The van der Waals surface area contributed by atoms with E-state index < -0.39 is 0 Å². The van der Waals surface area contributed by atoms with E-state index in [1.165, 1.54) is 58.7 Å². The fourth-order valence-corrected chi connectivity index (χ4v) is 9.03. The Morgan fingerprint density at radius 1 is 0.596 bits per heavy atom. The smallest absolute Gasteiger partial charge is 0.159 e. The molecule has 4 heteroatoms.